The van der Waals surface area contributed by atoms with E-state index in [9.17, 15) is 14.9 Å². The Morgan fingerprint density at radius 3 is 2.33 bits per heavy atom. The summed E-state index contributed by atoms with van der Waals surface area (Å²) in [6.07, 6.45) is 0.652. The number of methoxy groups -OCH3 is 1. The number of benzene rings is 4. The lowest BCUT2D eigenvalue weighted by Gasteiger charge is -2.20. The maximum absolute atomic E-state index is 13.4. The minimum absolute atomic E-state index is 0.0130. The van der Waals surface area contributed by atoms with Crippen molar-refractivity contribution in [3.05, 3.63) is 141 Å². The topological polar surface area (TPSA) is 112 Å². The molecule has 1 heterocycles. The Kier molecular flexibility index (Phi) is 9.48. The molecule has 1 unspecified atom stereocenters. The zero-order valence-electron chi connectivity index (χ0n) is 23.8. The van der Waals surface area contributed by atoms with Crippen LogP contribution in [0.1, 0.15) is 34.1 Å². The quantitative estimate of drug-likeness (QED) is 0.101. The van der Waals surface area contributed by atoms with Crippen molar-refractivity contribution in [3.63, 3.8) is 0 Å². The van der Waals surface area contributed by atoms with Gasteiger partial charge in [0.15, 0.2) is 11.0 Å². The number of carbonyl (C=O) groups excluding carboxylic acids is 1. The van der Waals surface area contributed by atoms with Gasteiger partial charge in [-0.2, -0.15) is 0 Å². The van der Waals surface area contributed by atoms with Crippen LogP contribution in [0, 0.1) is 17.0 Å². The Morgan fingerprint density at radius 2 is 1.65 bits per heavy atom. The van der Waals surface area contributed by atoms with E-state index in [1.54, 1.807) is 19.2 Å². The second-order valence-electron chi connectivity index (χ2n) is 10.1. The molecule has 0 saturated heterocycles. The number of nitrogens with one attached hydrogen (secondary N) is 1. The number of rotatable bonds is 12. The predicted octanol–water partition coefficient (Wildman–Crippen LogP) is 6.43. The number of hydrogen-bond acceptors (Lipinski definition) is 7. The van der Waals surface area contributed by atoms with E-state index in [0.717, 1.165) is 28.0 Å². The van der Waals surface area contributed by atoms with Crippen molar-refractivity contribution in [2.24, 2.45) is 0 Å². The van der Waals surface area contributed by atoms with Crippen molar-refractivity contribution in [2.75, 3.05) is 7.11 Å². The molecule has 1 atom stereocenters. The highest BCUT2D eigenvalue weighted by molar-refractivity contribution is 7.98. The van der Waals surface area contributed by atoms with Gasteiger partial charge in [-0.3, -0.25) is 19.5 Å². The molecular formula is C33H31N5O4S. The third kappa shape index (κ3) is 7.66. The molecule has 5 aromatic rings. The van der Waals surface area contributed by atoms with E-state index in [2.05, 4.69) is 40.6 Å². The van der Waals surface area contributed by atoms with E-state index in [-0.39, 0.29) is 18.0 Å². The number of non-ortho nitro benzene ring substituents is 1. The van der Waals surface area contributed by atoms with Gasteiger partial charge in [-0.05, 0) is 54.3 Å². The first-order valence-corrected chi connectivity index (χ1v) is 14.7. The maximum Gasteiger partial charge on any atom is 0.269 e. The molecule has 0 radical (unpaired) electrons. The van der Waals surface area contributed by atoms with Gasteiger partial charge in [0.25, 0.3) is 5.69 Å². The predicted molar refractivity (Wildman–Crippen MR) is 166 cm³/mol. The molecule has 9 nitrogen and oxygen atoms in total. The Labute approximate surface area is 254 Å². The molecule has 0 aliphatic carbocycles. The van der Waals surface area contributed by atoms with Crippen LogP contribution in [-0.2, 0) is 23.4 Å². The van der Waals surface area contributed by atoms with Crippen LogP contribution < -0.4 is 10.1 Å². The van der Waals surface area contributed by atoms with Crippen LogP contribution in [0.25, 0.3) is 5.69 Å². The summed E-state index contributed by atoms with van der Waals surface area (Å²) < 4.78 is 7.12. The van der Waals surface area contributed by atoms with Crippen LogP contribution in [0.15, 0.2) is 108 Å². The summed E-state index contributed by atoms with van der Waals surface area (Å²) in [4.78, 5) is 24.3. The number of aryl methyl sites for hydroxylation is 1. The number of carbonyl (C=O) groups is 1. The Balaban J connectivity index is 1.50. The van der Waals surface area contributed by atoms with Crippen LogP contribution in [0.4, 0.5) is 5.69 Å². The Morgan fingerprint density at radius 1 is 0.930 bits per heavy atom. The molecule has 1 aromatic heterocycles. The van der Waals surface area contributed by atoms with Crippen molar-refractivity contribution in [2.45, 2.75) is 36.7 Å². The normalized spacial score (nSPS) is 11.6. The van der Waals surface area contributed by atoms with Crippen molar-refractivity contribution in [3.8, 4) is 11.4 Å². The molecule has 0 fully saturated rings. The zero-order valence-corrected chi connectivity index (χ0v) is 24.7. The first kappa shape index (κ1) is 29.5. The molecular weight excluding hydrogens is 562 g/mol. The summed E-state index contributed by atoms with van der Waals surface area (Å²) in [5, 5.41) is 24.3. The zero-order chi connectivity index (χ0) is 30.2. The van der Waals surface area contributed by atoms with E-state index in [1.165, 1.54) is 23.9 Å². The number of nitrogens with zero attached hydrogens (tertiary/aromatic N) is 4. The van der Waals surface area contributed by atoms with Crippen molar-refractivity contribution >= 4 is 23.4 Å². The second-order valence-corrected chi connectivity index (χ2v) is 11.0. The number of hydrogen-bond donors (Lipinski definition) is 1. The number of amides is 1. The first-order valence-electron chi connectivity index (χ1n) is 13.7. The Bertz CT molecular complexity index is 1690. The van der Waals surface area contributed by atoms with Crippen LogP contribution in [0.2, 0.25) is 0 Å². The Hall–Kier alpha value is -4.96. The van der Waals surface area contributed by atoms with Gasteiger partial charge in [-0.25, -0.2) is 0 Å². The molecule has 1 amide bonds. The first-order chi connectivity index (χ1) is 20.9. The molecule has 1 N–H and O–H groups in total. The lowest BCUT2D eigenvalue weighted by atomic mass is 10.0. The van der Waals surface area contributed by atoms with Crippen LogP contribution >= 0.6 is 11.8 Å². The highest BCUT2D eigenvalue weighted by Crippen LogP contribution is 2.30. The number of nitro benzene ring substituents is 1. The number of ether oxygens (including phenoxy) is 1. The number of thioether (sulfide) groups is 1. The number of aromatic nitrogens is 3. The van der Waals surface area contributed by atoms with Gasteiger partial charge in [0.05, 0.1) is 24.5 Å². The average Bonchev–Trinajstić information content (AvgIpc) is 3.44. The smallest absolute Gasteiger partial charge is 0.269 e. The van der Waals surface area contributed by atoms with Crippen molar-refractivity contribution < 1.29 is 14.5 Å². The van der Waals surface area contributed by atoms with E-state index in [1.807, 2.05) is 65.2 Å². The molecule has 0 saturated carbocycles. The lowest BCUT2D eigenvalue weighted by molar-refractivity contribution is -0.384. The summed E-state index contributed by atoms with van der Waals surface area (Å²) in [7, 11) is 1.60. The largest absolute Gasteiger partial charge is 0.497 e. The molecule has 218 valence electrons. The molecule has 0 aliphatic rings. The van der Waals surface area contributed by atoms with Gasteiger partial charge in [-0.1, -0.05) is 84.1 Å². The molecule has 43 heavy (non-hydrogen) atoms. The second kappa shape index (κ2) is 13.8. The van der Waals surface area contributed by atoms with Gasteiger partial charge in [0, 0.05) is 23.6 Å². The van der Waals surface area contributed by atoms with Crippen LogP contribution in [0.3, 0.4) is 0 Å². The summed E-state index contributed by atoms with van der Waals surface area (Å²) in [6.45, 7) is 2.05. The lowest BCUT2D eigenvalue weighted by Crippen LogP contribution is -2.33. The molecule has 5 rings (SSSR count). The third-order valence-electron chi connectivity index (χ3n) is 6.88. The minimum atomic E-state index is -0.524. The molecule has 10 heteroatoms. The third-order valence-corrected chi connectivity index (χ3v) is 7.88. The molecule has 0 aliphatic heterocycles. The monoisotopic (exact) mass is 593 g/mol. The summed E-state index contributed by atoms with van der Waals surface area (Å²) in [5.74, 6) is 1.74. The highest BCUT2D eigenvalue weighted by atomic mass is 32.2. The van der Waals surface area contributed by atoms with Crippen LogP contribution in [-0.4, -0.2) is 32.7 Å². The van der Waals surface area contributed by atoms with Gasteiger partial charge < -0.3 is 10.1 Å². The summed E-state index contributed by atoms with van der Waals surface area (Å²) in [5.41, 5.74) is 4.82. The average molecular weight is 594 g/mol. The van der Waals surface area contributed by atoms with E-state index >= 15 is 0 Å². The highest BCUT2D eigenvalue weighted by Gasteiger charge is 2.25. The fraction of sp³-hybridized carbons (Fsp3) is 0.182. The fourth-order valence-electron chi connectivity index (χ4n) is 4.75. The van der Waals surface area contributed by atoms with Crippen molar-refractivity contribution in [1.82, 2.24) is 20.1 Å². The standard InChI is InChI=1S/C33H31N5O4S/c1-23-7-6-10-26(19-23)22-43-33-36-35-32(37(33)27-13-15-28(16-14-27)38(40)41)30(20-24-8-4-3-5-9-24)34-31(39)21-25-11-17-29(42-2)18-12-25/h3-19,30H,20-22H2,1-2H3,(H,34,39). The molecule has 0 spiro atoms. The van der Waals surface area contributed by atoms with E-state index < -0.39 is 11.0 Å². The van der Waals surface area contributed by atoms with Gasteiger partial charge in [-0.15, -0.1) is 10.2 Å². The number of nitro groups is 1. The maximum atomic E-state index is 13.4. The van der Waals surface area contributed by atoms with Crippen molar-refractivity contribution in [1.29, 1.82) is 0 Å². The van der Waals surface area contributed by atoms with E-state index in [4.69, 9.17) is 4.74 Å². The van der Waals surface area contributed by atoms with Crippen LogP contribution in [0.5, 0.6) is 5.75 Å². The summed E-state index contributed by atoms with van der Waals surface area (Å²) in [6, 6.07) is 31.3. The van der Waals surface area contributed by atoms with E-state index in [0.29, 0.717) is 28.8 Å². The minimum Gasteiger partial charge on any atom is -0.497 e. The molecule has 4 aromatic carbocycles. The fourth-order valence-corrected chi connectivity index (χ4v) is 5.65. The summed E-state index contributed by atoms with van der Waals surface area (Å²) >= 11 is 1.51. The van der Waals surface area contributed by atoms with Gasteiger partial charge in [0.1, 0.15) is 5.75 Å². The van der Waals surface area contributed by atoms with Gasteiger partial charge >= 0.3 is 0 Å². The molecule has 0 bridgehead atoms. The SMILES string of the molecule is COc1ccc(CC(=O)NC(Cc2ccccc2)c2nnc(SCc3cccc(C)c3)n2-c2ccc([N+](=O)[O-])cc2)cc1. The van der Waals surface area contributed by atoms with Gasteiger partial charge in [0.2, 0.25) is 5.91 Å².